The Labute approximate surface area is 92.0 Å². The van der Waals surface area contributed by atoms with E-state index in [1.807, 2.05) is 12.2 Å². The quantitative estimate of drug-likeness (QED) is 0.678. The molecule has 0 N–H and O–H groups in total. The minimum Gasteiger partial charge on any atom is -0.228 e. The molecule has 0 aromatic carbocycles. The molecular weight excluding hydrogens is 208 g/mol. The van der Waals surface area contributed by atoms with E-state index < -0.39 is 9.84 Å². The first-order chi connectivity index (χ1) is 7.21. The lowest BCUT2D eigenvalue weighted by Gasteiger charge is -2.25. The van der Waals surface area contributed by atoms with Crippen LogP contribution in [0.4, 0.5) is 0 Å². The average molecular weight is 226 g/mol. The number of sulfone groups is 1. The van der Waals surface area contributed by atoms with Gasteiger partial charge in [-0.05, 0) is 38.5 Å². The van der Waals surface area contributed by atoms with Crippen molar-refractivity contribution in [2.45, 2.75) is 49.0 Å². The minimum atomic E-state index is -2.89. The summed E-state index contributed by atoms with van der Waals surface area (Å²) in [6.45, 7) is 0. The molecule has 0 radical (unpaired) electrons. The summed E-state index contributed by atoms with van der Waals surface area (Å²) in [6.07, 6.45) is 13.1. The van der Waals surface area contributed by atoms with Gasteiger partial charge in [-0.1, -0.05) is 24.3 Å². The lowest BCUT2D eigenvalue weighted by Crippen LogP contribution is -2.33. The fourth-order valence-electron chi connectivity index (χ4n) is 2.40. The fourth-order valence-corrected chi connectivity index (χ4v) is 4.63. The highest BCUT2D eigenvalue weighted by molar-refractivity contribution is 7.92. The SMILES string of the molecule is O=S(=O)(C1CC=CCC1)C1CC=CCC1. The van der Waals surface area contributed by atoms with Crippen molar-refractivity contribution in [3.63, 3.8) is 0 Å². The van der Waals surface area contributed by atoms with Crippen molar-refractivity contribution in [3.05, 3.63) is 24.3 Å². The smallest absolute Gasteiger partial charge is 0.156 e. The summed E-state index contributed by atoms with van der Waals surface area (Å²) < 4.78 is 24.5. The van der Waals surface area contributed by atoms with E-state index in [9.17, 15) is 8.42 Å². The van der Waals surface area contributed by atoms with Gasteiger partial charge in [0.25, 0.3) is 0 Å². The predicted octanol–water partition coefficient (Wildman–Crippen LogP) is 2.62. The molecule has 0 spiro atoms. The van der Waals surface area contributed by atoms with Crippen LogP contribution in [0.15, 0.2) is 24.3 Å². The van der Waals surface area contributed by atoms with E-state index in [0.29, 0.717) is 0 Å². The number of allylic oxidation sites excluding steroid dienone is 4. The van der Waals surface area contributed by atoms with Crippen LogP contribution < -0.4 is 0 Å². The molecule has 2 aliphatic rings. The van der Waals surface area contributed by atoms with Crippen molar-refractivity contribution in [1.82, 2.24) is 0 Å². The van der Waals surface area contributed by atoms with Gasteiger partial charge in [-0.2, -0.15) is 0 Å². The molecule has 0 aliphatic heterocycles. The van der Waals surface area contributed by atoms with Gasteiger partial charge in [0.2, 0.25) is 0 Å². The molecular formula is C12H18O2S. The van der Waals surface area contributed by atoms with Crippen molar-refractivity contribution < 1.29 is 8.42 Å². The molecule has 0 heterocycles. The van der Waals surface area contributed by atoms with Crippen LogP contribution in [0.2, 0.25) is 0 Å². The van der Waals surface area contributed by atoms with Gasteiger partial charge in [-0.15, -0.1) is 0 Å². The van der Waals surface area contributed by atoms with Gasteiger partial charge in [0, 0.05) is 0 Å². The Morgan fingerprint density at radius 1 is 0.800 bits per heavy atom. The zero-order valence-electron chi connectivity index (χ0n) is 8.93. The van der Waals surface area contributed by atoms with Crippen molar-refractivity contribution in [3.8, 4) is 0 Å². The summed E-state index contributed by atoms with van der Waals surface area (Å²) in [4.78, 5) is 0. The van der Waals surface area contributed by atoms with Gasteiger partial charge >= 0.3 is 0 Å². The predicted molar refractivity (Wildman–Crippen MR) is 62.5 cm³/mol. The van der Waals surface area contributed by atoms with E-state index in [4.69, 9.17) is 0 Å². The highest BCUT2D eigenvalue weighted by atomic mass is 32.2. The topological polar surface area (TPSA) is 34.1 Å². The van der Waals surface area contributed by atoms with Crippen LogP contribution in [0.1, 0.15) is 38.5 Å². The van der Waals surface area contributed by atoms with Crippen LogP contribution in [0, 0.1) is 0 Å². The maximum Gasteiger partial charge on any atom is 0.156 e. The second-order valence-corrected chi connectivity index (χ2v) is 6.91. The summed E-state index contributed by atoms with van der Waals surface area (Å²) >= 11 is 0. The zero-order chi connectivity index (χ0) is 10.7. The number of rotatable bonds is 2. The van der Waals surface area contributed by atoms with Crippen molar-refractivity contribution in [2.75, 3.05) is 0 Å². The summed E-state index contributed by atoms with van der Waals surface area (Å²) in [5, 5.41) is -0.224. The van der Waals surface area contributed by atoms with Crippen LogP contribution in [-0.4, -0.2) is 18.9 Å². The van der Waals surface area contributed by atoms with Gasteiger partial charge in [-0.25, -0.2) is 8.42 Å². The Morgan fingerprint density at radius 2 is 1.27 bits per heavy atom. The van der Waals surface area contributed by atoms with Crippen LogP contribution >= 0.6 is 0 Å². The summed E-state index contributed by atoms with van der Waals surface area (Å²) in [6, 6.07) is 0. The monoisotopic (exact) mass is 226 g/mol. The molecule has 2 nitrogen and oxygen atoms in total. The Balaban J connectivity index is 2.11. The second kappa shape index (κ2) is 4.52. The van der Waals surface area contributed by atoms with E-state index in [1.54, 1.807) is 0 Å². The molecule has 3 heteroatoms. The van der Waals surface area contributed by atoms with Gasteiger partial charge in [0.15, 0.2) is 9.84 Å². The normalized spacial score (nSPS) is 31.7. The van der Waals surface area contributed by atoms with E-state index >= 15 is 0 Å². The van der Waals surface area contributed by atoms with Crippen LogP contribution in [0.5, 0.6) is 0 Å². The van der Waals surface area contributed by atoms with Crippen molar-refractivity contribution in [1.29, 1.82) is 0 Å². The van der Waals surface area contributed by atoms with Gasteiger partial charge < -0.3 is 0 Å². The second-order valence-electron chi connectivity index (χ2n) is 4.40. The molecule has 15 heavy (non-hydrogen) atoms. The average Bonchev–Trinajstić information content (AvgIpc) is 2.31. The molecule has 2 aliphatic carbocycles. The molecule has 0 amide bonds. The molecule has 2 atom stereocenters. The lowest BCUT2D eigenvalue weighted by molar-refractivity contribution is 0.542. The third-order valence-electron chi connectivity index (χ3n) is 3.37. The van der Waals surface area contributed by atoms with E-state index in [2.05, 4.69) is 12.2 Å². The first-order valence-corrected chi connectivity index (χ1v) is 7.35. The fraction of sp³-hybridized carbons (Fsp3) is 0.667. The zero-order valence-corrected chi connectivity index (χ0v) is 9.75. The molecule has 84 valence electrons. The highest BCUT2D eigenvalue weighted by Gasteiger charge is 2.33. The number of hydrogen-bond donors (Lipinski definition) is 0. The number of hydrogen-bond acceptors (Lipinski definition) is 2. The Hall–Kier alpha value is -0.570. The van der Waals surface area contributed by atoms with Gasteiger partial charge in [0.1, 0.15) is 0 Å². The lowest BCUT2D eigenvalue weighted by atomic mass is 10.1. The molecule has 2 unspecified atom stereocenters. The highest BCUT2D eigenvalue weighted by Crippen LogP contribution is 2.28. The molecule has 0 fully saturated rings. The van der Waals surface area contributed by atoms with Crippen LogP contribution in [0.3, 0.4) is 0 Å². The molecule has 2 rings (SSSR count). The maximum absolute atomic E-state index is 12.3. The van der Waals surface area contributed by atoms with Crippen molar-refractivity contribution in [2.24, 2.45) is 0 Å². The molecule has 0 saturated carbocycles. The largest absolute Gasteiger partial charge is 0.228 e. The first-order valence-electron chi connectivity index (χ1n) is 5.74. The van der Waals surface area contributed by atoms with E-state index in [1.165, 1.54) is 0 Å². The van der Waals surface area contributed by atoms with Gasteiger partial charge in [-0.3, -0.25) is 0 Å². The third-order valence-corrected chi connectivity index (χ3v) is 6.09. The Morgan fingerprint density at radius 3 is 1.60 bits per heavy atom. The Bertz CT molecular complexity index is 335. The molecule has 0 saturated heterocycles. The van der Waals surface area contributed by atoms with Crippen LogP contribution in [-0.2, 0) is 9.84 Å². The van der Waals surface area contributed by atoms with Crippen molar-refractivity contribution >= 4 is 9.84 Å². The summed E-state index contributed by atoms with van der Waals surface area (Å²) in [5.74, 6) is 0. The third kappa shape index (κ3) is 2.33. The summed E-state index contributed by atoms with van der Waals surface area (Å²) in [7, 11) is -2.89. The minimum absolute atomic E-state index is 0.112. The van der Waals surface area contributed by atoms with Gasteiger partial charge in [0.05, 0.1) is 10.5 Å². The standard InChI is InChI=1S/C12H18O2S/c13-15(14,11-7-3-1-4-8-11)12-9-5-2-6-10-12/h1-3,5,11-12H,4,6-10H2. The molecule has 0 aromatic rings. The van der Waals surface area contributed by atoms with Crippen LogP contribution in [0.25, 0.3) is 0 Å². The Kier molecular flexibility index (Phi) is 3.29. The first kappa shape index (κ1) is 10.9. The van der Waals surface area contributed by atoms with E-state index in [-0.39, 0.29) is 10.5 Å². The molecule has 0 aromatic heterocycles. The maximum atomic E-state index is 12.3. The van der Waals surface area contributed by atoms with E-state index in [0.717, 1.165) is 38.5 Å². The summed E-state index contributed by atoms with van der Waals surface area (Å²) in [5.41, 5.74) is 0. The molecule has 0 bridgehead atoms.